The molecule has 7 heteroatoms. The molecule has 0 bridgehead atoms. The van der Waals surface area contributed by atoms with Crippen molar-refractivity contribution in [3.63, 3.8) is 0 Å². The van der Waals surface area contributed by atoms with Crippen LogP contribution in [0.3, 0.4) is 0 Å². The highest BCUT2D eigenvalue weighted by molar-refractivity contribution is 5.97. The number of anilines is 1. The average molecular weight is 391 g/mol. The highest BCUT2D eigenvalue weighted by Gasteiger charge is 2.22. The third kappa shape index (κ3) is 6.96. The third-order valence-corrected chi connectivity index (χ3v) is 3.88. The lowest BCUT2D eigenvalue weighted by Gasteiger charge is -2.17. The fraction of sp³-hybridized carbons (Fsp3) is 0.182. The van der Waals surface area contributed by atoms with Gasteiger partial charge in [0.05, 0.1) is 11.6 Å². The highest BCUT2D eigenvalue weighted by atomic mass is 16.5. The average Bonchev–Trinajstić information content (AvgIpc) is 2.73. The number of carbonyl (C=O) groups is 3. The summed E-state index contributed by atoms with van der Waals surface area (Å²) in [7, 11) is 0. The van der Waals surface area contributed by atoms with Crippen LogP contribution in [0.15, 0.2) is 60.7 Å². The standard InChI is InChI=1S/C22H21N3O4/c1-15(24-20(26)13-10-17-6-4-3-5-7-17)22(28)29-16(2)21(27)25-19-11-8-18(14-23)9-12-19/h3-13,15-16H,1-2H3,(H,24,26)(H,25,27)/b13-10+/t15-,16+/m0/s1. The molecule has 0 heterocycles. The SMILES string of the molecule is C[C@H](NC(=O)/C=C/c1ccccc1)C(=O)O[C@H](C)C(=O)Nc1ccc(C#N)cc1. The van der Waals surface area contributed by atoms with Crippen molar-refractivity contribution in [3.05, 3.63) is 71.8 Å². The minimum atomic E-state index is -1.06. The van der Waals surface area contributed by atoms with Gasteiger partial charge in [-0.1, -0.05) is 30.3 Å². The number of benzene rings is 2. The van der Waals surface area contributed by atoms with Crippen LogP contribution in [-0.4, -0.2) is 29.9 Å². The zero-order chi connectivity index (χ0) is 21.2. The minimum Gasteiger partial charge on any atom is -0.451 e. The van der Waals surface area contributed by atoms with Crippen LogP contribution >= 0.6 is 0 Å². The van der Waals surface area contributed by atoms with Crippen molar-refractivity contribution in [2.75, 3.05) is 5.32 Å². The molecular formula is C22H21N3O4. The molecule has 2 aromatic carbocycles. The number of rotatable bonds is 7. The first-order valence-electron chi connectivity index (χ1n) is 8.94. The van der Waals surface area contributed by atoms with Crippen molar-refractivity contribution in [1.82, 2.24) is 5.32 Å². The molecule has 2 atom stereocenters. The van der Waals surface area contributed by atoms with Gasteiger partial charge in [-0.05, 0) is 49.8 Å². The van der Waals surface area contributed by atoms with Gasteiger partial charge in [0.1, 0.15) is 6.04 Å². The number of carbonyl (C=O) groups excluding carboxylic acids is 3. The van der Waals surface area contributed by atoms with Crippen molar-refractivity contribution in [2.24, 2.45) is 0 Å². The molecule has 0 spiro atoms. The highest BCUT2D eigenvalue weighted by Crippen LogP contribution is 2.10. The molecule has 0 fully saturated rings. The molecule has 0 aliphatic rings. The van der Waals surface area contributed by atoms with Crippen LogP contribution in [-0.2, 0) is 19.1 Å². The van der Waals surface area contributed by atoms with Crippen molar-refractivity contribution < 1.29 is 19.1 Å². The van der Waals surface area contributed by atoms with E-state index in [1.807, 2.05) is 36.4 Å². The quantitative estimate of drug-likeness (QED) is 0.557. The Hall–Kier alpha value is -3.92. The zero-order valence-electron chi connectivity index (χ0n) is 16.1. The Kier molecular flexibility index (Phi) is 7.68. The van der Waals surface area contributed by atoms with E-state index < -0.39 is 29.9 Å². The largest absolute Gasteiger partial charge is 0.451 e. The summed E-state index contributed by atoms with van der Waals surface area (Å²) in [6, 6.07) is 16.6. The monoisotopic (exact) mass is 391 g/mol. The second-order valence-corrected chi connectivity index (χ2v) is 6.23. The minimum absolute atomic E-state index is 0.451. The fourth-order valence-corrected chi connectivity index (χ4v) is 2.26. The van der Waals surface area contributed by atoms with Gasteiger partial charge in [-0.2, -0.15) is 5.26 Å². The number of ether oxygens (including phenoxy) is 1. The summed E-state index contributed by atoms with van der Waals surface area (Å²) < 4.78 is 5.11. The number of hydrogen-bond donors (Lipinski definition) is 2. The lowest BCUT2D eigenvalue weighted by atomic mass is 10.2. The number of esters is 1. The van der Waals surface area contributed by atoms with Crippen LogP contribution in [0.1, 0.15) is 25.0 Å². The van der Waals surface area contributed by atoms with Gasteiger partial charge < -0.3 is 15.4 Å². The van der Waals surface area contributed by atoms with Gasteiger partial charge in [0.2, 0.25) is 5.91 Å². The number of nitriles is 1. The molecule has 148 valence electrons. The lowest BCUT2D eigenvalue weighted by Crippen LogP contribution is -2.41. The van der Waals surface area contributed by atoms with E-state index >= 15 is 0 Å². The van der Waals surface area contributed by atoms with Crippen LogP contribution < -0.4 is 10.6 Å². The molecular weight excluding hydrogens is 370 g/mol. The summed E-state index contributed by atoms with van der Waals surface area (Å²) in [6.07, 6.45) is 1.89. The van der Waals surface area contributed by atoms with Crippen LogP contribution in [0.25, 0.3) is 6.08 Å². The van der Waals surface area contributed by atoms with Crippen molar-refractivity contribution in [2.45, 2.75) is 26.0 Å². The van der Waals surface area contributed by atoms with Gasteiger partial charge in [-0.25, -0.2) is 4.79 Å². The summed E-state index contributed by atoms with van der Waals surface area (Å²) in [5.41, 5.74) is 1.80. The predicted octanol–water partition coefficient (Wildman–Crippen LogP) is 2.65. The molecule has 0 unspecified atom stereocenters. The van der Waals surface area contributed by atoms with Crippen LogP contribution in [0.4, 0.5) is 5.69 Å². The molecule has 2 rings (SSSR count). The van der Waals surface area contributed by atoms with Crippen LogP contribution in [0.5, 0.6) is 0 Å². The molecule has 0 radical (unpaired) electrons. The smallest absolute Gasteiger partial charge is 0.329 e. The van der Waals surface area contributed by atoms with Gasteiger partial charge in [0.15, 0.2) is 6.10 Å². The molecule has 0 aromatic heterocycles. The number of nitrogens with zero attached hydrogens (tertiary/aromatic N) is 1. The topological polar surface area (TPSA) is 108 Å². The molecule has 2 N–H and O–H groups in total. The molecule has 0 aliphatic heterocycles. The summed E-state index contributed by atoms with van der Waals surface area (Å²) in [6.45, 7) is 2.91. The molecule has 2 amide bonds. The van der Waals surface area contributed by atoms with E-state index in [2.05, 4.69) is 10.6 Å². The van der Waals surface area contributed by atoms with Gasteiger partial charge in [-0.15, -0.1) is 0 Å². The number of hydrogen-bond acceptors (Lipinski definition) is 5. The van der Waals surface area contributed by atoms with Crippen molar-refractivity contribution in [1.29, 1.82) is 5.26 Å². The molecule has 7 nitrogen and oxygen atoms in total. The van der Waals surface area contributed by atoms with Gasteiger partial charge in [0.25, 0.3) is 5.91 Å². The van der Waals surface area contributed by atoms with E-state index in [-0.39, 0.29) is 0 Å². The van der Waals surface area contributed by atoms with Crippen LogP contribution in [0, 0.1) is 11.3 Å². The lowest BCUT2D eigenvalue weighted by molar-refractivity contribution is -0.155. The van der Waals surface area contributed by atoms with E-state index in [0.717, 1.165) is 5.56 Å². The zero-order valence-corrected chi connectivity index (χ0v) is 16.1. The Morgan fingerprint density at radius 2 is 1.69 bits per heavy atom. The maximum absolute atomic E-state index is 12.2. The predicted molar refractivity (Wildman–Crippen MR) is 108 cm³/mol. The van der Waals surface area contributed by atoms with Crippen molar-refractivity contribution >= 4 is 29.5 Å². The Balaban J connectivity index is 1.82. The second-order valence-electron chi connectivity index (χ2n) is 6.23. The fourth-order valence-electron chi connectivity index (χ4n) is 2.26. The summed E-state index contributed by atoms with van der Waals surface area (Å²) in [5.74, 6) is -1.70. The normalized spacial score (nSPS) is 12.4. The molecule has 0 saturated carbocycles. The Bertz CT molecular complexity index is 931. The Morgan fingerprint density at radius 1 is 1.03 bits per heavy atom. The first-order chi connectivity index (χ1) is 13.9. The summed E-state index contributed by atoms with van der Waals surface area (Å²) in [5, 5.41) is 13.9. The van der Waals surface area contributed by atoms with E-state index in [1.165, 1.54) is 19.9 Å². The van der Waals surface area contributed by atoms with Gasteiger partial charge >= 0.3 is 5.97 Å². The first kappa shape index (κ1) is 21.4. The van der Waals surface area contributed by atoms with E-state index in [4.69, 9.17) is 10.00 Å². The maximum atomic E-state index is 12.2. The van der Waals surface area contributed by atoms with Gasteiger partial charge in [0, 0.05) is 11.8 Å². The Labute approximate surface area is 169 Å². The summed E-state index contributed by atoms with van der Waals surface area (Å²) in [4.78, 5) is 36.2. The van der Waals surface area contributed by atoms with E-state index in [9.17, 15) is 14.4 Å². The van der Waals surface area contributed by atoms with Crippen LogP contribution in [0.2, 0.25) is 0 Å². The van der Waals surface area contributed by atoms with Crippen molar-refractivity contribution in [3.8, 4) is 6.07 Å². The van der Waals surface area contributed by atoms with E-state index in [0.29, 0.717) is 11.3 Å². The Morgan fingerprint density at radius 3 is 2.31 bits per heavy atom. The molecule has 29 heavy (non-hydrogen) atoms. The molecule has 0 aliphatic carbocycles. The molecule has 0 saturated heterocycles. The van der Waals surface area contributed by atoms with Gasteiger partial charge in [-0.3, -0.25) is 9.59 Å². The first-order valence-corrected chi connectivity index (χ1v) is 8.94. The second kappa shape index (κ2) is 10.4. The maximum Gasteiger partial charge on any atom is 0.329 e. The number of amides is 2. The molecule has 2 aromatic rings. The third-order valence-electron chi connectivity index (χ3n) is 3.88. The summed E-state index contributed by atoms with van der Waals surface area (Å²) >= 11 is 0. The number of nitrogens with one attached hydrogen (secondary N) is 2. The van der Waals surface area contributed by atoms with E-state index in [1.54, 1.807) is 30.3 Å².